The van der Waals surface area contributed by atoms with Crippen LogP contribution in [0.15, 0.2) is 57.8 Å². The number of oxazole rings is 1. The highest BCUT2D eigenvalue weighted by molar-refractivity contribution is 7.89. The normalized spacial score (nSPS) is 15.6. The minimum atomic E-state index is -3.95. The Morgan fingerprint density at radius 3 is 2.59 bits per heavy atom. The number of carbonyl (C=O) groups excluding carboxylic acids is 1. The zero-order chi connectivity index (χ0) is 29.4. The fourth-order valence-corrected chi connectivity index (χ4v) is 6.03. The second kappa shape index (κ2) is 14.1. The van der Waals surface area contributed by atoms with E-state index in [1.165, 1.54) is 7.11 Å². The van der Waals surface area contributed by atoms with Crippen LogP contribution in [0.2, 0.25) is 0 Å². The van der Waals surface area contributed by atoms with Gasteiger partial charge in [0.25, 0.3) is 0 Å². The third kappa shape index (κ3) is 8.16. The van der Waals surface area contributed by atoms with E-state index in [9.17, 15) is 13.2 Å². The van der Waals surface area contributed by atoms with Gasteiger partial charge < -0.3 is 24.5 Å². The van der Waals surface area contributed by atoms with Crippen molar-refractivity contribution in [3.05, 3.63) is 65.7 Å². The summed E-state index contributed by atoms with van der Waals surface area (Å²) in [6, 6.07) is 15.1. The molecular weight excluding hydrogens is 544 g/mol. The number of ether oxygens (including phenoxy) is 2. The Morgan fingerprint density at radius 2 is 1.93 bits per heavy atom. The molecule has 10 nitrogen and oxygen atoms in total. The Morgan fingerprint density at radius 1 is 1.20 bits per heavy atom. The highest BCUT2D eigenvalue weighted by Crippen LogP contribution is 2.34. The number of benzene rings is 2. The molecule has 0 bridgehead atoms. The van der Waals surface area contributed by atoms with E-state index < -0.39 is 22.5 Å². The van der Waals surface area contributed by atoms with Crippen molar-refractivity contribution in [2.24, 2.45) is 5.73 Å². The Balaban J connectivity index is 1.38. The zero-order valence-corrected chi connectivity index (χ0v) is 24.8. The lowest BCUT2D eigenvalue weighted by Crippen LogP contribution is -2.34. The van der Waals surface area contributed by atoms with Crippen molar-refractivity contribution in [3.8, 4) is 17.1 Å². The van der Waals surface area contributed by atoms with E-state index in [0.29, 0.717) is 13.0 Å². The molecule has 41 heavy (non-hydrogen) atoms. The summed E-state index contributed by atoms with van der Waals surface area (Å²) < 4.78 is 45.3. The van der Waals surface area contributed by atoms with Gasteiger partial charge in [0, 0.05) is 18.0 Å². The number of primary amides is 1. The number of nitrogens with one attached hydrogen (secondary N) is 1. The molecule has 1 aliphatic rings. The van der Waals surface area contributed by atoms with Crippen LogP contribution in [0, 0.1) is 0 Å². The number of likely N-dealkylation sites (tertiary alicyclic amines) is 1. The van der Waals surface area contributed by atoms with Gasteiger partial charge in [0.2, 0.25) is 15.9 Å². The molecule has 1 unspecified atom stereocenters. The van der Waals surface area contributed by atoms with Crippen molar-refractivity contribution < 1.29 is 27.1 Å². The van der Waals surface area contributed by atoms with Crippen LogP contribution in [0.5, 0.6) is 5.75 Å². The average Bonchev–Trinajstić information content (AvgIpc) is 3.42. The lowest BCUT2D eigenvalue weighted by atomic mass is 9.96. The molecule has 1 saturated heterocycles. The summed E-state index contributed by atoms with van der Waals surface area (Å²) >= 11 is 0. The molecule has 222 valence electrons. The molecule has 1 aromatic heterocycles. The summed E-state index contributed by atoms with van der Waals surface area (Å²) in [7, 11) is -2.54. The van der Waals surface area contributed by atoms with Crippen LogP contribution in [0.3, 0.4) is 0 Å². The number of amides is 1. The maximum absolute atomic E-state index is 12.7. The van der Waals surface area contributed by atoms with Crippen LogP contribution in [-0.2, 0) is 32.6 Å². The van der Waals surface area contributed by atoms with Crippen molar-refractivity contribution in [2.75, 3.05) is 33.3 Å². The maximum atomic E-state index is 12.7. The van der Waals surface area contributed by atoms with Gasteiger partial charge in [-0.1, -0.05) is 43.3 Å². The number of nitrogens with zero attached hydrogens (tertiary/aromatic N) is 2. The quantitative estimate of drug-likeness (QED) is 0.292. The molecule has 0 radical (unpaired) electrons. The van der Waals surface area contributed by atoms with Crippen molar-refractivity contribution in [1.29, 1.82) is 0 Å². The van der Waals surface area contributed by atoms with Gasteiger partial charge >= 0.3 is 0 Å². The van der Waals surface area contributed by atoms with Crippen LogP contribution in [0.4, 0.5) is 0 Å². The first-order chi connectivity index (χ1) is 19.7. The van der Waals surface area contributed by atoms with Crippen molar-refractivity contribution in [2.45, 2.75) is 63.1 Å². The fraction of sp³-hybridized carbons (Fsp3) is 0.467. The number of sulfonamides is 1. The van der Waals surface area contributed by atoms with Gasteiger partial charge in [0.1, 0.15) is 16.3 Å². The zero-order valence-electron chi connectivity index (χ0n) is 24.0. The lowest BCUT2D eigenvalue weighted by Gasteiger charge is -2.30. The molecule has 1 amide bonds. The van der Waals surface area contributed by atoms with Gasteiger partial charge in [-0.15, -0.1) is 0 Å². The van der Waals surface area contributed by atoms with E-state index in [4.69, 9.17) is 24.6 Å². The highest BCUT2D eigenvalue weighted by Gasteiger charge is 2.27. The molecular formula is C30H40N4O6S. The van der Waals surface area contributed by atoms with Crippen LogP contribution < -0.4 is 15.2 Å². The van der Waals surface area contributed by atoms with Crippen molar-refractivity contribution in [1.82, 2.24) is 14.6 Å². The molecule has 3 aromatic rings. The first-order valence-electron chi connectivity index (χ1n) is 14.0. The van der Waals surface area contributed by atoms with Gasteiger partial charge in [-0.05, 0) is 63.4 Å². The third-order valence-corrected chi connectivity index (χ3v) is 8.86. The molecule has 1 fully saturated rings. The minimum absolute atomic E-state index is 0.0105. The number of nitrogens with two attached hydrogens (primary N) is 1. The molecule has 1 atom stereocenters. The predicted octanol–water partition coefficient (Wildman–Crippen LogP) is 3.85. The molecule has 4 rings (SSSR count). The standard InChI is InChI=1S/C30H40N4O6S/c1-4-21(2)39-20-25-29(23-8-6-5-7-9-23)40-30(33-25)24-13-16-34(17-14-24)15-12-22-10-11-26(38-3)27(18-22)41(36,37)32-19-28(31)35/h5-11,18,21,24,32H,4,12-17,19-20H2,1-3H3,(H2,31,35). The summed E-state index contributed by atoms with van der Waals surface area (Å²) in [5, 5.41) is 0. The Kier molecular flexibility index (Phi) is 10.5. The summed E-state index contributed by atoms with van der Waals surface area (Å²) in [6.07, 6.45) is 3.58. The van der Waals surface area contributed by atoms with Crippen LogP contribution in [-0.4, -0.2) is 63.6 Å². The number of methoxy groups -OCH3 is 1. The van der Waals surface area contributed by atoms with E-state index in [1.807, 2.05) is 36.4 Å². The molecule has 0 aliphatic carbocycles. The van der Waals surface area contributed by atoms with E-state index in [1.54, 1.807) is 12.1 Å². The Hall–Kier alpha value is -3.25. The van der Waals surface area contributed by atoms with E-state index in [-0.39, 0.29) is 22.7 Å². The third-order valence-electron chi connectivity index (χ3n) is 7.44. The molecule has 1 aliphatic heterocycles. The van der Waals surface area contributed by atoms with Crippen molar-refractivity contribution in [3.63, 3.8) is 0 Å². The van der Waals surface area contributed by atoms with Crippen LogP contribution >= 0.6 is 0 Å². The average molecular weight is 585 g/mol. The van der Waals surface area contributed by atoms with E-state index in [2.05, 4.69) is 23.5 Å². The van der Waals surface area contributed by atoms with Gasteiger partial charge in [-0.2, -0.15) is 0 Å². The monoisotopic (exact) mass is 584 g/mol. The highest BCUT2D eigenvalue weighted by atomic mass is 32.2. The van der Waals surface area contributed by atoms with Gasteiger partial charge in [0.15, 0.2) is 11.7 Å². The molecule has 2 heterocycles. The summed E-state index contributed by atoms with van der Waals surface area (Å²) in [6.45, 7) is 6.65. The van der Waals surface area contributed by atoms with E-state index >= 15 is 0 Å². The Labute approximate surface area is 242 Å². The molecule has 11 heteroatoms. The summed E-state index contributed by atoms with van der Waals surface area (Å²) in [4.78, 5) is 18.3. The molecule has 2 aromatic carbocycles. The van der Waals surface area contributed by atoms with Crippen LogP contribution in [0.25, 0.3) is 11.3 Å². The van der Waals surface area contributed by atoms with Gasteiger partial charge in [-0.25, -0.2) is 18.1 Å². The van der Waals surface area contributed by atoms with E-state index in [0.717, 1.165) is 67.4 Å². The first-order valence-corrected chi connectivity index (χ1v) is 15.5. The second-order valence-corrected chi connectivity index (χ2v) is 12.1. The number of hydrogen-bond donors (Lipinski definition) is 2. The molecule has 0 saturated carbocycles. The number of hydrogen-bond acceptors (Lipinski definition) is 8. The summed E-state index contributed by atoms with van der Waals surface area (Å²) in [5.41, 5.74) is 7.80. The number of aromatic nitrogens is 1. The second-order valence-electron chi connectivity index (χ2n) is 10.4. The minimum Gasteiger partial charge on any atom is -0.495 e. The van der Waals surface area contributed by atoms with Gasteiger partial charge in [-0.3, -0.25) is 4.79 Å². The maximum Gasteiger partial charge on any atom is 0.244 e. The largest absolute Gasteiger partial charge is 0.495 e. The first kappa shape index (κ1) is 30.7. The number of carbonyl (C=O) groups is 1. The Bertz CT molecular complexity index is 1400. The fourth-order valence-electron chi connectivity index (χ4n) is 4.82. The number of piperidine rings is 1. The number of rotatable bonds is 14. The summed E-state index contributed by atoms with van der Waals surface area (Å²) in [5.74, 6) is 1.21. The van der Waals surface area contributed by atoms with Crippen molar-refractivity contribution >= 4 is 15.9 Å². The topological polar surface area (TPSA) is 137 Å². The molecule has 0 spiro atoms. The smallest absolute Gasteiger partial charge is 0.244 e. The SMILES string of the molecule is CCC(C)OCc1nc(C2CCN(CCc3ccc(OC)c(S(=O)(=O)NCC(N)=O)c3)CC2)oc1-c1ccccc1. The lowest BCUT2D eigenvalue weighted by molar-refractivity contribution is -0.116. The predicted molar refractivity (Wildman–Crippen MR) is 156 cm³/mol. The van der Waals surface area contributed by atoms with Gasteiger partial charge in [0.05, 0.1) is 26.4 Å². The molecule has 3 N–H and O–H groups in total. The van der Waals surface area contributed by atoms with Crippen LogP contribution in [0.1, 0.15) is 56.2 Å².